The first-order chi connectivity index (χ1) is 11.3. The van der Waals surface area contributed by atoms with E-state index in [1.807, 2.05) is 0 Å². The number of carbonyl (C=O) groups is 2. The van der Waals surface area contributed by atoms with Crippen molar-refractivity contribution < 1.29 is 27.9 Å². The van der Waals surface area contributed by atoms with Gasteiger partial charge in [0.15, 0.2) is 0 Å². The van der Waals surface area contributed by atoms with Gasteiger partial charge in [0.1, 0.15) is 17.2 Å². The van der Waals surface area contributed by atoms with Crippen molar-refractivity contribution in [3.05, 3.63) is 23.8 Å². The molecule has 8 nitrogen and oxygen atoms in total. The number of nitrogens with one attached hydrogen (secondary N) is 2. The largest absolute Gasteiger partial charge is 0.495 e. The van der Waals surface area contributed by atoms with E-state index in [9.17, 15) is 18.0 Å². The van der Waals surface area contributed by atoms with Crippen molar-refractivity contribution in [3.8, 4) is 5.75 Å². The van der Waals surface area contributed by atoms with Crippen LogP contribution in [0.4, 0.5) is 0 Å². The minimum Gasteiger partial charge on any atom is -0.495 e. The zero-order valence-electron chi connectivity index (χ0n) is 13.2. The number of hydrogen-bond donors (Lipinski definition) is 3. The maximum Gasteiger partial charge on any atom is 0.322 e. The van der Waals surface area contributed by atoms with E-state index in [4.69, 9.17) is 9.84 Å². The first kappa shape index (κ1) is 18.2. The molecule has 1 aliphatic rings. The summed E-state index contributed by atoms with van der Waals surface area (Å²) in [5, 5.41) is 10.8. The average Bonchev–Trinajstić information content (AvgIpc) is 3.04. The second kappa shape index (κ2) is 7.63. The molecule has 24 heavy (non-hydrogen) atoms. The number of carbonyl (C=O) groups excluding carboxylic acids is 1. The molecule has 0 aliphatic heterocycles. The Morgan fingerprint density at radius 2 is 1.96 bits per heavy atom. The van der Waals surface area contributed by atoms with Crippen LogP contribution < -0.4 is 14.8 Å². The lowest BCUT2D eigenvalue weighted by atomic mass is 10.2. The SMILES string of the molecule is COc1ccc(C(=O)NCC(=O)O)cc1S(=O)(=O)NC1CCCC1. The molecule has 3 N–H and O–H groups in total. The van der Waals surface area contributed by atoms with Crippen molar-refractivity contribution in [1.29, 1.82) is 0 Å². The number of carboxylic acids is 1. The summed E-state index contributed by atoms with van der Waals surface area (Å²) in [6.45, 7) is -0.548. The van der Waals surface area contributed by atoms with Crippen molar-refractivity contribution in [2.24, 2.45) is 0 Å². The average molecular weight is 356 g/mol. The summed E-state index contributed by atoms with van der Waals surface area (Å²) < 4.78 is 32.9. The summed E-state index contributed by atoms with van der Waals surface area (Å²) in [6, 6.07) is 3.82. The maximum absolute atomic E-state index is 12.6. The highest BCUT2D eigenvalue weighted by Gasteiger charge is 2.26. The van der Waals surface area contributed by atoms with Gasteiger partial charge in [0.25, 0.3) is 5.91 Å². The van der Waals surface area contributed by atoms with E-state index < -0.39 is 28.4 Å². The van der Waals surface area contributed by atoms with Gasteiger partial charge in [0.2, 0.25) is 10.0 Å². The van der Waals surface area contributed by atoms with E-state index in [1.165, 1.54) is 25.3 Å². The number of benzene rings is 1. The van der Waals surface area contributed by atoms with Crippen LogP contribution in [0.3, 0.4) is 0 Å². The minimum absolute atomic E-state index is 0.0452. The Hall–Kier alpha value is -2.13. The van der Waals surface area contributed by atoms with E-state index >= 15 is 0 Å². The fourth-order valence-corrected chi connectivity index (χ4v) is 4.11. The molecule has 1 aromatic rings. The van der Waals surface area contributed by atoms with Gasteiger partial charge in [-0.25, -0.2) is 13.1 Å². The van der Waals surface area contributed by atoms with Crippen LogP contribution in [0.1, 0.15) is 36.0 Å². The Labute approximate surface area is 140 Å². The molecule has 1 amide bonds. The van der Waals surface area contributed by atoms with E-state index in [0.717, 1.165) is 25.7 Å². The lowest BCUT2D eigenvalue weighted by Crippen LogP contribution is -2.33. The molecule has 1 aromatic carbocycles. The molecule has 1 saturated carbocycles. The highest BCUT2D eigenvalue weighted by molar-refractivity contribution is 7.89. The molecule has 2 rings (SSSR count). The molecular weight excluding hydrogens is 336 g/mol. The van der Waals surface area contributed by atoms with Gasteiger partial charge in [-0.15, -0.1) is 0 Å². The van der Waals surface area contributed by atoms with Gasteiger partial charge in [0, 0.05) is 11.6 Å². The molecule has 0 spiro atoms. The van der Waals surface area contributed by atoms with Gasteiger partial charge in [-0.3, -0.25) is 9.59 Å². The van der Waals surface area contributed by atoms with E-state index in [0.29, 0.717) is 0 Å². The van der Waals surface area contributed by atoms with Crippen LogP contribution in [0.5, 0.6) is 5.75 Å². The Morgan fingerprint density at radius 1 is 1.29 bits per heavy atom. The normalized spacial score (nSPS) is 15.2. The van der Waals surface area contributed by atoms with E-state index in [1.54, 1.807) is 0 Å². The number of rotatable bonds is 7. The van der Waals surface area contributed by atoms with Gasteiger partial charge in [-0.05, 0) is 31.0 Å². The van der Waals surface area contributed by atoms with Crippen LogP contribution in [0.25, 0.3) is 0 Å². The van der Waals surface area contributed by atoms with Gasteiger partial charge in [-0.2, -0.15) is 0 Å². The van der Waals surface area contributed by atoms with E-state index in [2.05, 4.69) is 10.0 Å². The predicted molar refractivity (Wildman–Crippen MR) is 85.5 cm³/mol. The topological polar surface area (TPSA) is 122 Å². The van der Waals surface area contributed by atoms with Crippen LogP contribution in [0.2, 0.25) is 0 Å². The molecule has 0 heterocycles. The first-order valence-corrected chi connectivity index (χ1v) is 9.02. The lowest BCUT2D eigenvalue weighted by Gasteiger charge is -2.15. The lowest BCUT2D eigenvalue weighted by molar-refractivity contribution is -0.135. The molecular formula is C15H20N2O6S. The summed E-state index contributed by atoms with van der Waals surface area (Å²) in [5.41, 5.74) is 0.0452. The molecule has 132 valence electrons. The third-order valence-electron chi connectivity index (χ3n) is 3.79. The molecule has 9 heteroatoms. The smallest absolute Gasteiger partial charge is 0.322 e. The zero-order valence-corrected chi connectivity index (χ0v) is 14.1. The highest BCUT2D eigenvalue weighted by Crippen LogP contribution is 2.27. The van der Waals surface area contributed by atoms with Crippen LogP contribution in [0, 0.1) is 0 Å². The number of amides is 1. The van der Waals surface area contributed by atoms with E-state index in [-0.39, 0.29) is 22.3 Å². The van der Waals surface area contributed by atoms with Crippen molar-refractivity contribution in [2.75, 3.05) is 13.7 Å². The Morgan fingerprint density at radius 3 is 2.54 bits per heavy atom. The quantitative estimate of drug-likeness (QED) is 0.662. The number of carboxylic acid groups (broad SMARTS) is 1. The van der Waals surface area contributed by atoms with Gasteiger partial charge in [-0.1, -0.05) is 12.8 Å². The predicted octanol–water partition coefficient (Wildman–Crippen LogP) is 0.730. The summed E-state index contributed by atoms with van der Waals surface area (Å²) in [5.74, 6) is -1.74. The summed E-state index contributed by atoms with van der Waals surface area (Å²) in [6.07, 6.45) is 3.50. The monoisotopic (exact) mass is 356 g/mol. The second-order valence-corrected chi connectivity index (χ2v) is 7.23. The van der Waals surface area contributed by atoms with Crippen LogP contribution in [0.15, 0.2) is 23.1 Å². The van der Waals surface area contributed by atoms with Gasteiger partial charge >= 0.3 is 5.97 Å². The number of methoxy groups -OCH3 is 1. The van der Waals surface area contributed by atoms with Crippen LogP contribution >= 0.6 is 0 Å². The molecule has 1 fully saturated rings. The zero-order chi connectivity index (χ0) is 17.7. The number of ether oxygens (including phenoxy) is 1. The van der Waals surface area contributed by atoms with Gasteiger partial charge < -0.3 is 15.2 Å². The number of aliphatic carboxylic acids is 1. The summed E-state index contributed by atoms with van der Waals surface area (Å²) in [4.78, 5) is 22.3. The Bertz CT molecular complexity index is 725. The number of sulfonamides is 1. The van der Waals surface area contributed by atoms with Gasteiger partial charge in [0.05, 0.1) is 7.11 Å². The maximum atomic E-state index is 12.6. The third kappa shape index (κ3) is 4.45. The Kier molecular flexibility index (Phi) is 5.79. The number of hydrogen-bond acceptors (Lipinski definition) is 5. The molecule has 0 bridgehead atoms. The minimum atomic E-state index is -3.85. The molecule has 0 radical (unpaired) electrons. The summed E-state index contributed by atoms with van der Waals surface area (Å²) >= 11 is 0. The molecule has 0 atom stereocenters. The van der Waals surface area contributed by atoms with Crippen LogP contribution in [-0.2, 0) is 14.8 Å². The fourth-order valence-electron chi connectivity index (χ4n) is 2.61. The van der Waals surface area contributed by atoms with Crippen molar-refractivity contribution >= 4 is 21.9 Å². The summed E-state index contributed by atoms with van der Waals surface area (Å²) in [7, 11) is -2.50. The third-order valence-corrected chi connectivity index (χ3v) is 5.33. The molecule has 0 saturated heterocycles. The molecule has 1 aliphatic carbocycles. The first-order valence-electron chi connectivity index (χ1n) is 7.54. The fraction of sp³-hybridized carbons (Fsp3) is 0.467. The van der Waals surface area contributed by atoms with Crippen molar-refractivity contribution in [3.63, 3.8) is 0 Å². The highest BCUT2D eigenvalue weighted by atomic mass is 32.2. The van der Waals surface area contributed by atoms with Crippen molar-refractivity contribution in [1.82, 2.24) is 10.0 Å². The molecule has 0 unspecified atom stereocenters. The Balaban J connectivity index is 2.27. The molecule has 0 aromatic heterocycles. The second-order valence-electron chi connectivity index (χ2n) is 5.54. The van der Waals surface area contributed by atoms with Crippen molar-refractivity contribution in [2.45, 2.75) is 36.6 Å². The standard InChI is InChI=1S/C15H20N2O6S/c1-23-12-7-6-10(15(20)16-9-14(18)19)8-13(12)24(21,22)17-11-4-2-3-5-11/h6-8,11,17H,2-5,9H2,1H3,(H,16,20)(H,18,19). The van der Waals surface area contributed by atoms with Crippen LogP contribution in [-0.4, -0.2) is 45.1 Å².